The molecule has 0 aliphatic heterocycles. The van der Waals surface area contributed by atoms with E-state index in [0.717, 1.165) is 34.7 Å². The first-order chi connectivity index (χ1) is 12.2. The Morgan fingerprint density at radius 1 is 1.12 bits per heavy atom. The van der Waals surface area contributed by atoms with Crippen LogP contribution < -0.4 is 4.74 Å². The Labute approximate surface area is 147 Å². The molecular weight excluding hydrogens is 312 g/mol. The molecule has 4 heteroatoms. The molecule has 0 saturated carbocycles. The van der Waals surface area contributed by atoms with Crippen LogP contribution in [0.3, 0.4) is 0 Å². The molecule has 1 atom stereocenters. The molecule has 1 aromatic heterocycles. The average Bonchev–Trinajstić information content (AvgIpc) is 3.06. The number of carbonyl (C=O) groups is 1. The van der Waals surface area contributed by atoms with Crippen molar-refractivity contribution in [2.24, 2.45) is 0 Å². The molecule has 0 fully saturated rings. The molecule has 0 N–H and O–H groups in total. The van der Waals surface area contributed by atoms with Gasteiger partial charge in [-0.1, -0.05) is 24.3 Å². The van der Waals surface area contributed by atoms with Crippen molar-refractivity contribution >= 4 is 5.78 Å². The first-order valence-electron chi connectivity index (χ1n) is 8.47. The number of methoxy groups -OCH3 is 1. The molecule has 0 unspecified atom stereocenters. The van der Waals surface area contributed by atoms with Gasteiger partial charge in [-0.25, -0.2) is 4.68 Å². The summed E-state index contributed by atoms with van der Waals surface area (Å²) in [7, 11) is 1.66. The second kappa shape index (κ2) is 6.20. The van der Waals surface area contributed by atoms with Crippen LogP contribution in [0.5, 0.6) is 5.75 Å². The molecule has 0 bridgehead atoms. The molecule has 0 saturated heterocycles. The number of carbonyl (C=O) groups excluding carboxylic acids is 1. The number of nitrogens with zero attached hydrogens (tertiary/aromatic N) is 2. The van der Waals surface area contributed by atoms with Crippen LogP contribution in [0.1, 0.15) is 39.5 Å². The number of benzene rings is 2. The van der Waals surface area contributed by atoms with Gasteiger partial charge in [-0.2, -0.15) is 5.10 Å². The van der Waals surface area contributed by atoms with E-state index in [1.165, 1.54) is 5.56 Å². The lowest BCUT2D eigenvalue weighted by atomic mass is 9.82. The van der Waals surface area contributed by atoms with E-state index in [-0.39, 0.29) is 11.7 Å². The van der Waals surface area contributed by atoms with Gasteiger partial charge in [0.05, 0.1) is 30.3 Å². The van der Waals surface area contributed by atoms with Gasteiger partial charge < -0.3 is 4.74 Å². The van der Waals surface area contributed by atoms with E-state index in [0.29, 0.717) is 6.42 Å². The van der Waals surface area contributed by atoms with E-state index in [1.807, 2.05) is 28.9 Å². The molecule has 126 valence electrons. The number of rotatable bonds is 3. The first-order valence-corrected chi connectivity index (χ1v) is 8.47. The van der Waals surface area contributed by atoms with Crippen molar-refractivity contribution in [3.63, 3.8) is 0 Å². The molecule has 4 nitrogen and oxygen atoms in total. The summed E-state index contributed by atoms with van der Waals surface area (Å²) in [5.74, 6) is 1.17. The lowest BCUT2D eigenvalue weighted by Gasteiger charge is -2.23. The lowest BCUT2D eigenvalue weighted by Crippen LogP contribution is -2.20. The topological polar surface area (TPSA) is 44.1 Å². The fourth-order valence-corrected chi connectivity index (χ4v) is 3.54. The van der Waals surface area contributed by atoms with E-state index in [9.17, 15) is 4.79 Å². The summed E-state index contributed by atoms with van der Waals surface area (Å²) >= 11 is 0. The fraction of sp³-hybridized carbons (Fsp3) is 0.238. The van der Waals surface area contributed by atoms with E-state index >= 15 is 0 Å². The van der Waals surface area contributed by atoms with Crippen LogP contribution in [0.15, 0.2) is 54.7 Å². The van der Waals surface area contributed by atoms with Gasteiger partial charge in [0.1, 0.15) is 5.75 Å². The Morgan fingerprint density at radius 2 is 1.92 bits per heavy atom. The summed E-state index contributed by atoms with van der Waals surface area (Å²) in [6.07, 6.45) is 3.05. The summed E-state index contributed by atoms with van der Waals surface area (Å²) in [5.41, 5.74) is 5.10. The van der Waals surface area contributed by atoms with Crippen molar-refractivity contribution in [1.29, 1.82) is 0 Å². The van der Waals surface area contributed by atoms with Crippen molar-refractivity contribution in [3.05, 3.63) is 77.1 Å². The van der Waals surface area contributed by atoms with Gasteiger partial charge in [-0.15, -0.1) is 0 Å². The van der Waals surface area contributed by atoms with Gasteiger partial charge in [0, 0.05) is 6.42 Å². The predicted molar refractivity (Wildman–Crippen MR) is 96.7 cm³/mol. The highest BCUT2D eigenvalue weighted by Crippen LogP contribution is 2.34. The van der Waals surface area contributed by atoms with Crippen molar-refractivity contribution in [1.82, 2.24) is 9.78 Å². The highest BCUT2D eigenvalue weighted by atomic mass is 16.5. The molecule has 1 aliphatic rings. The monoisotopic (exact) mass is 332 g/mol. The highest BCUT2D eigenvalue weighted by molar-refractivity contribution is 5.98. The van der Waals surface area contributed by atoms with Crippen molar-refractivity contribution < 1.29 is 9.53 Å². The maximum absolute atomic E-state index is 12.6. The van der Waals surface area contributed by atoms with Crippen molar-refractivity contribution in [3.8, 4) is 11.4 Å². The zero-order valence-electron chi connectivity index (χ0n) is 14.4. The number of aryl methyl sites for hydroxylation is 1. The number of hydrogen-bond acceptors (Lipinski definition) is 3. The minimum absolute atomic E-state index is 0.168. The van der Waals surface area contributed by atoms with Gasteiger partial charge >= 0.3 is 0 Å². The minimum Gasteiger partial charge on any atom is -0.497 e. The number of aromatic nitrogens is 2. The standard InChI is InChI=1S/C21H20N2O2/c1-14-4-3-5-17(10-14)23-20-11-16(12-21(24)19(20)13-22-23)15-6-8-18(25-2)9-7-15/h3-10,13,16H,11-12H2,1-2H3/t16-/m0/s1. The molecule has 2 aromatic carbocycles. The quantitative estimate of drug-likeness (QED) is 0.725. The number of fused-ring (bicyclic) bond motifs is 1. The zero-order valence-corrected chi connectivity index (χ0v) is 14.4. The molecule has 0 amide bonds. The number of hydrogen-bond donors (Lipinski definition) is 0. The molecule has 4 rings (SSSR count). The second-order valence-electron chi connectivity index (χ2n) is 6.56. The molecule has 0 radical (unpaired) electrons. The highest BCUT2D eigenvalue weighted by Gasteiger charge is 2.30. The summed E-state index contributed by atoms with van der Waals surface area (Å²) in [6, 6.07) is 16.2. The lowest BCUT2D eigenvalue weighted by molar-refractivity contribution is 0.0964. The van der Waals surface area contributed by atoms with Gasteiger partial charge in [-0.05, 0) is 54.7 Å². The van der Waals surface area contributed by atoms with Crippen LogP contribution in [-0.2, 0) is 6.42 Å². The van der Waals surface area contributed by atoms with Gasteiger partial charge in [-0.3, -0.25) is 4.79 Å². The Hall–Kier alpha value is -2.88. The molecular formula is C21H20N2O2. The average molecular weight is 332 g/mol. The summed E-state index contributed by atoms with van der Waals surface area (Å²) in [4.78, 5) is 12.6. The largest absolute Gasteiger partial charge is 0.497 e. The molecule has 0 spiro atoms. The van der Waals surface area contributed by atoms with E-state index in [1.54, 1.807) is 13.3 Å². The van der Waals surface area contributed by atoms with Crippen LogP contribution in [0.4, 0.5) is 0 Å². The maximum Gasteiger partial charge on any atom is 0.166 e. The van der Waals surface area contributed by atoms with Crippen molar-refractivity contribution in [2.45, 2.75) is 25.7 Å². The van der Waals surface area contributed by atoms with Crippen molar-refractivity contribution in [2.75, 3.05) is 7.11 Å². The smallest absolute Gasteiger partial charge is 0.166 e. The molecule has 25 heavy (non-hydrogen) atoms. The van der Waals surface area contributed by atoms with Crippen LogP contribution in [0.25, 0.3) is 5.69 Å². The molecule has 1 aliphatic carbocycles. The summed E-state index contributed by atoms with van der Waals surface area (Å²) in [5, 5.41) is 4.49. The minimum atomic E-state index is 0.168. The zero-order chi connectivity index (χ0) is 17.4. The van der Waals surface area contributed by atoms with Gasteiger partial charge in [0.15, 0.2) is 5.78 Å². The Bertz CT molecular complexity index is 925. The Morgan fingerprint density at radius 3 is 2.64 bits per heavy atom. The van der Waals surface area contributed by atoms with E-state index < -0.39 is 0 Å². The predicted octanol–water partition coefficient (Wildman–Crippen LogP) is 4.10. The first kappa shape index (κ1) is 15.6. The van der Waals surface area contributed by atoms with E-state index in [4.69, 9.17) is 4.74 Å². The Balaban J connectivity index is 1.71. The number of ketones is 1. The van der Waals surface area contributed by atoms with Crippen LogP contribution in [0.2, 0.25) is 0 Å². The Kier molecular flexibility index (Phi) is 3.88. The van der Waals surface area contributed by atoms with Crippen LogP contribution in [0, 0.1) is 6.92 Å². The van der Waals surface area contributed by atoms with E-state index in [2.05, 4.69) is 36.3 Å². The SMILES string of the molecule is COc1ccc([C@@H]2CC(=O)c3cnn(-c4cccc(C)c4)c3C2)cc1. The summed E-state index contributed by atoms with van der Waals surface area (Å²) in [6.45, 7) is 2.06. The molecule has 3 aromatic rings. The number of ether oxygens (including phenoxy) is 1. The van der Waals surface area contributed by atoms with Gasteiger partial charge in [0.2, 0.25) is 0 Å². The van der Waals surface area contributed by atoms with Crippen LogP contribution >= 0.6 is 0 Å². The number of Topliss-reactive ketones (excluding diaryl/α,β-unsaturated/α-hetero) is 1. The third-order valence-corrected chi connectivity index (χ3v) is 4.87. The third kappa shape index (κ3) is 2.84. The van der Waals surface area contributed by atoms with Crippen LogP contribution in [-0.4, -0.2) is 22.7 Å². The fourth-order valence-electron chi connectivity index (χ4n) is 3.54. The molecule has 1 heterocycles. The third-order valence-electron chi connectivity index (χ3n) is 4.87. The summed E-state index contributed by atoms with van der Waals surface area (Å²) < 4.78 is 7.14. The van der Waals surface area contributed by atoms with Gasteiger partial charge in [0.25, 0.3) is 0 Å². The normalized spacial score (nSPS) is 16.6. The second-order valence-corrected chi connectivity index (χ2v) is 6.56. The maximum atomic E-state index is 12.6.